The van der Waals surface area contributed by atoms with Crippen LogP contribution in [0.2, 0.25) is 0 Å². The second kappa shape index (κ2) is 15.1. The van der Waals surface area contributed by atoms with Gasteiger partial charge in [0.05, 0.1) is 31.5 Å². The predicted octanol–water partition coefficient (Wildman–Crippen LogP) is 5.39. The van der Waals surface area contributed by atoms with E-state index in [1.54, 1.807) is 25.3 Å². The summed E-state index contributed by atoms with van der Waals surface area (Å²) in [6.07, 6.45) is 5.01. The van der Waals surface area contributed by atoms with Crippen LogP contribution in [0.1, 0.15) is 58.3 Å². The topological polar surface area (TPSA) is 153 Å². The molecular formula is C40H44N4O8S. The third-order valence-corrected chi connectivity index (χ3v) is 11.9. The first-order chi connectivity index (χ1) is 25.6. The number of hydrogen-bond acceptors (Lipinski definition) is 9. The van der Waals surface area contributed by atoms with Crippen LogP contribution >= 0.6 is 0 Å². The number of fused-ring (bicyclic) bond motifs is 3. The van der Waals surface area contributed by atoms with Gasteiger partial charge in [0.15, 0.2) is 0 Å². The smallest absolute Gasteiger partial charge is 0.267 e. The molecule has 0 bridgehead atoms. The number of carbonyl (C=O) groups excluding carboxylic acids is 3. The minimum absolute atomic E-state index is 0.141. The van der Waals surface area contributed by atoms with Crippen molar-refractivity contribution in [3.8, 4) is 28.5 Å². The Bertz CT molecular complexity index is 2130. The summed E-state index contributed by atoms with van der Waals surface area (Å²) in [5.74, 6) is -0.552. The van der Waals surface area contributed by atoms with Crippen LogP contribution in [0.5, 0.6) is 17.2 Å². The molecule has 7 rings (SSSR count). The molecule has 4 atom stereocenters. The lowest BCUT2D eigenvalue weighted by Gasteiger charge is -2.26. The fraction of sp³-hybridized carbons (Fsp3) is 0.400. The minimum atomic E-state index is -4.34. The Labute approximate surface area is 309 Å². The maximum Gasteiger partial charge on any atom is 0.267 e. The van der Waals surface area contributed by atoms with Crippen LogP contribution in [0.3, 0.4) is 0 Å². The number of carbonyl (C=O) groups is 3. The van der Waals surface area contributed by atoms with Crippen LogP contribution < -0.4 is 24.2 Å². The first kappa shape index (κ1) is 36.2. The van der Waals surface area contributed by atoms with Crippen molar-refractivity contribution in [1.29, 1.82) is 0 Å². The molecule has 278 valence electrons. The van der Waals surface area contributed by atoms with Gasteiger partial charge in [0, 0.05) is 36.4 Å². The molecule has 3 aliphatic rings. The Morgan fingerprint density at radius 1 is 0.981 bits per heavy atom. The number of amides is 3. The number of nitrogens with zero attached hydrogens (tertiary/aromatic N) is 2. The average Bonchev–Trinajstić information content (AvgIpc) is 3.68. The zero-order valence-electron chi connectivity index (χ0n) is 29.9. The van der Waals surface area contributed by atoms with E-state index in [1.807, 2.05) is 54.6 Å². The molecule has 2 aliphatic heterocycles. The predicted molar refractivity (Wildman–Crippen MR) is 198 cm³/mol. The van der Waals surface area contributed by atoms with Gasteiger partial charge in [0.1, 0.15) is 39.8 Å². The number of likely N-dealkylation sites (tertiary alicyclic amines) is 1. The van der Waals surface area contributed by atoms with Gasteiger partial charge >= 0.3 is 0 Å². The Kier molecular flexibility index (Phi) is 10.3. The fourth-order valence-electron chi connectivity index (χ4n) is 7.55. The number of para-hydroxylation sites is 1. The van der Waals surface area contributed by atoms with Crippen molar-refractivity contribution in [1.82, 2.24) is 19.9 Å². The van der Waals surface area contributed by atoms with Crippen molar-refractivity contribution in [3.05, 3.63) is 78.9 Å². The fourth-order valence-corrected chi connectivity index (χ4v) is 8.74. The highest BCUT2D eigenvalue weighted by Gasteiger charge is 2.62. The molecule has 2 N–H and O–H groups in total. The van der Waals surface area contributed by atoms with Crippen molar-refractivity contribution in [2.75, 3.05) is 20.3 Å². The van der Waals surface area contributed by atoms with Gasteiger partial charge in [-0.15, -0.1) is 0 Å². The highest BCUT2D eigenvalue weighted by atomic mass is 32.2. The first-order valence-corrected chi connectivity index (χ1v) is 19.7. The van der Waals surface area contributed by atoms with Crippen LogP contribution in [0.4, 0.5) is 0 Å². The zero-order chi connectivity index (χ0) is 37.2. The molecule has 4 aromatic rings. The van der Waals surface area contributed by atoms with E-state index < -0.39 is 39.5 Å². The highest BCUT2D eigenvalue weighted by molar-refractivity contribution is 7.90. The Morgan fingerprint density at radius 2 is 1.74 bits per heavy atom. The van der Waals surface area contributed by atoms with Gasteiger partial charge in [-0.05, 0) is 49.4 Å². The highest BCUT2D eigenvalue weighted by Crippen LogP contribution is 2.48. The molecule has 0 radical (unpaired) electrons. The van der Waals surface area contributed by atoms with E-state index in [0.29, 0.717) is 42.2 Å². The molecule has 3 aromatic carbocycles. The summed E-state index contributed by atoms with van der Waals surface area (Å²) in [7, 11) is -2.75. The number of pyridine rings is 1. The molecular weight excluding hydrogens is 697 g/mol. The van der Waals surface area contributed by atoms with Crippen molar-refractivity contribution in [2.45, 2.75) is 80.9 Å². The van der Waals surface area contributed by atoms with E-state index in [-0.39, 0.29) is 35.4 Å². The molecule has 1 saturated carbocycles. The van der Waals surface area contributed by atoms with Gasteiger partial charge in [-0.1, -0.05) is 68.1 Å². The van der Waals surface area contributed by atoms with Crippen molar-refractivity contribution < 1.29 is 37.0 Å². The Morgan fingerprint density at radius 3 is 2.53 bits per heavy atom. The lowest BCUT2D eigenvalue weighted by Crippen LogP contribution is -2.56. The van der Waals surface area contributed by atoms with Gasteiger partial charge in [0.25, 0.3) is 15.9 Å². The second-order valence-electron chi connectivity index (χ2n) is 14.1. The maximum absolute atomic E-state index is 14.2. The molecule has 3 heterocycles. The van der Waals surface area contributed by atoms with Crippen LogP contribution in [0.15, 0.2) is 83.8 Å². The summed E-state index contributed by atoms with van der Waals surface area (Å²) in [6.45, 7) is 1.90. The summed E-state index contributed by atoms with van der Waals surface area (Å²) >= 11 is 0. The largest absolute Gasteiger partial charge is 0.497 e. The summed E-state index contributed by atoms with van der Waals surface area (Å²) < 4.78 is 47.3. The lowest BCUT2D eigenvalue weighted by molar-refractivity contribution is -0.138. The van der Waals surface area contributed by atoms with Crippen molar-refractivity contribution in [2.24, 2.45) is 5.92 Å². The number of aromatic nitrogens is 1. The third kappa shape index (κ3) is 7.66. The number of nitrogens with one attached hydrogen (secondary N) is 2. The summed E-state index contributed by atoms with van der Waals surface area (Å²) in [4.78, 5) is 47.3. The van der Waals surface area contributed by atoms with Gasteiger partial charge < -0.3 is 24.4 Å². The lowest BCUT2D eigenvalue weighted by atomic mass is 10.0. The van der Waals surface area contributed by atoms with E-state index >= 15 is 0 Å². The first-order valence-electron chi connectivity index (χ1n) is 18.2. The SMILES string of the molecule is COc1ccc2c(O[C@@H]3C[C@@H](C(=O)N[C@]45C[C@H]4CCCCCCCOc4ccccc4S(=O)(=O)NC5=O)N(C(C)=O)C3)cc(-c3ccccc3)nc2c1. The molecule has 3 amide bonds. The molecule has 1 aliphatic carbocycles. The van der Waals surface area contributed by atoms with Gasteiger partial charge in [-0.3, -0.25) is 14.4 Å². The third-order valence-electron chi connectivity index (χ3n) is 10.5. The normalized spacial score (nSPS) is 24.3. The van der Waals surface area contributed by atoms with Crippen LogP contribution in [-0.4, -0.2) is 74.0 Å². The van der Waals surface area contributed by atoms with E-state index in [4.69, 9.17) is 19.2 Å². The molecule has 0 unspecified atom stereocenters. The number of rotatable bonds is 6. The molecule has 13 heteroatoms. The standard InChI is InChI=1S/C40H44N4O8S/c1-26(45)44-25-30(52-36-23-32(27-13-7-6-8-14-27)41-33-21-29(50-2)18-19-31(33)36)22-34(44)38(46)42-40-24-28(40)15-9-4-3-5-12-20-51-35-16-10-11-17-37(35)53(48,49)43-39(40)47/h6-8,10-11,13-14,16-19,21,23,28,30,34H,3-5,9,12,15,20,22,24-25H2,1-2H3,(H,42,46)(H,43,47)/t28-,30-,34+,40-/m1/s1. The van der Waals surface area contributed by atoms with Crippen LogP contribution in [-0.2, 0) is 24.4 Å². The zero-order valence-corrected chi connectivity index (χ0v) is 30.7. The van der Waals surface area contributed by atoms with Crippen LogP contribution in [0.25, 0.3) is 22.2 Å². The minimum Gasteiger partial charge on any atom is -0.497 e. The van der Waals surface area contributed by atoms with E-state index in [1.165, 1.54) is 17.9 Å². The molecule has 1 aromatic heterocycles. The Hall–Kier alpha value is -5.17. The summed E-state index contributed by atoms with van der Waals surface area (Å²) in [5.41, 5.74) is 0.807. The molecule has 2 fully saturated rings. The number of hydrogen-bond donors (Lipinski definition) is 2. The molecule has 0 spiro atoms. The van der Waals surface area contributed by atoms with Crippen LogP contribution in [0, 0.1) is 5.92 Å². The molecule has 1 saturated heterocycles. The van der Waals surface area contributed by atoms with Gasteiger partial charge in [-0.2, -0.15) is 0 Å². The maximum atomic E-state index is 14.2. The van der Waals surface area contributed by atoms with Crippen molar-refractivity contribution >= 4 is 38.6 Å². The molecule has 12 nitrogen and oxygen atoms in total. The number of methoxy groups -OCH3 is 1. The van der Waals surface area contributed by atoms with E-state index in [2.05, 4.69) is 10.0 Å². The number of sulfonamides is 1. The molecule has 53 heavy (non-hydrogen) atoms. The average molecular weight is 741 g/mol. The van der Waals surface area contributed by atoms with Gasteiger partial charge in [-0.25, -0.2) is 18.1 Å². The summed E-state index contributed by atoms with van der Waals surface area (Å²) in [5, 5.41) is 3.68. The van der Waals surface area contributed by atoms with E-state index in [9.17, 15) is 22.8 Å². The number of ether oxygens (including phenoxy) is 3. The Balaban J connectivity index is 1.14. The second-order valence-corrected chi connectivity index (χ2v) is 15.7. The van der Waals surface area contributed by atoms with Crippen molar-refractivity contribution in [3.63, 3.8) is 0 Å². The summed E-state index contributed by atoms with van der Waals surface area (Å²) in [6, 6.07) is 22.3. The van der Waals surface area contributed by atoms with E-state index in [0.717, 1.165) is 43.1 Å². The van der Waals surface area contributed by atoms with Gasteiger partial charge in [0.2, 0.25) is 11.8 Å². The quantitative estimate of drug-likeness (QED) is 0.265. The number of benzene rings is 3. The monoisotopic (exact) mass is 740 g/mol.